The molecule has 7 heteroatoms. The van der Waals surface area contributed by atoms with Gasteiger partial charge in [-0.2, -0.15) is 0 Å². The largest absolute Gasteiger partial charge is 0.487 e. The number of benzene rings is 2. The summed E-state index contributed by atoms with van der Waals surface area (Å²) < 4.78 is 5.74. The number of hydrogen-bond donors (Lipinski definition) is 1. The molecular weight excluding hydrogens is 422 g/mol. The number of ether oxygens (including phenoxy) is 1. The van der Waals surface area contributed by atoms with Gasteiger partial charge in [0.2, 0.25) is 11.8 Å². The molecule has 1 N–H and O–H groups in total. The molecule has 0 spiro atoms. The lowest BCUT2D eigenvalue weighted by Crippen LogP contribution is -2.23. The molecule has 2 heterocycles. The van der Waals surface area contributed by atoms with E-state index in [1.165, 1.54) is 6.08 Å². The number of carbonyl (C=O) groups excluding carboxylic acids is 2. The van der Waals surface area contributed by atoms with Crippen LogP contribution in [0, 0.1) is 6.92 Å². The number of aromatic nitrogens is 1. The monoisotopic (exact) mass is 447 g/mol. The van der Waals surface area contributed by atoms with Crippen molar-refractivity contribution in [2.75, 3.05) is 11.4 Å². The van der Waals surface area contributed by atoms with E-state index in [0.29, 0.717) is 19.6 Å². The maximum atomic E-state index is 12.2. The van der Waals surface area contributed by atoms with Crippen LogP contribution in [0.5, 0.6) is 5.75 Å². The standard InChI is InChI=1S/C25H25N3O3S/c1-18-27-21(17-32-18)16-31-23-11-6-19(7-12-23)8-13-24(29)26-15-20-4-9-22(10-5-20)28-14-2-3-25(28)30/h4-13,17H,2-3,14-16H2,1H3,(H,26,29)/b13-8+. The lowest BCUT2D eigenvalue weighted by atomic mass is 10.2. The molecule has 1 fully saturated rings. The highest BCUT2D eigenvalue weighted by atomic mass is 32.1. The van der Waals surface area contributed by atoms with Crippen LogP contribution in [0.2, 0.25) is 0 Å². The SMILES string of the molecule is Cc1nc(COc2ccc(/C=C/C(=O)NCc3ccc(N4CCCC4=O)cc3)cc2)cs1. The second-order valence-corrected chi connectivity index (χ2v) is 8.64. The summed E-state index contributed by atoms with van der Waals surface area (Å²) in [7, 11) is 0. The Bertz CT molecular complexity index is 1100. The van der Waals surface area contributed by atoms with E-state index in [-0.39, 0.29) is 11.8 Å². The molecule has 0 unspecified atom stereocenters. The highest BCUT2D eigenvalue weighted by molar-refractivity contribution is 7.09. The van der Waals surface area contributed by atoms with Crippen LogP contribution >= 0.6 is 11.3 Å². The Morgan fingerprint density at radius 2 is 1.97 bits per heavy atom. The molecular formula is C25H25N3O3S. The minimum Gasteiger partial charge on any atom is -0.487 e. The van der Waals surface area contributed by atoms with Gasteiger partial charge >= 0.3 is 0 Å². The molecule has 164 valence electrons. The van der Waals surface area contributed by atoms with E-state index in [2.05, 4.69) is 10.3 Å². The minimum atomic E-state index is -0.164. The molecule has 2 amide bonds. The lowest BCUT2D eigenvalue weighted by molar-refractivity contribution is -0.117. The van der Waals surface area contributed by atoms with E-state index in [0.717, 1.165) is 46.2 Å². The van der Waals surface area contributed by atoms with Crippen LogP contribution < -0.4 is 15.0 Å². The predicted molar refractivity (Wildman–Crippen MR) is 127 cm³/mol. The van der Waals surface area contributed by atoms with Gasteiger partial charge < -0.3 is 15.0 Å². The minimum absolute atomic E-state index is 0.164. The average molecular weight is 448 g/mol. The van der Waals surface area contributed by atoms with E-state index in [4.69, 9.17) is 4.74 Å². The van der Waals surface area contributed by atoms with Gasteiger partial charge in [0.1, 0.15) is 12.4 Å². The van der Waals surface area contributed by atoms with Crippen LogP contribution in [0.1, 0.15) is 34.7 Å². The third-order valence-electron chi connectivity index (χ3n) is 5.15. The summed E-state index contributed by atoms with van der Waals surface area (Å²) in [5.74, 6) is 0.768. The van der Waals surface area contributed by atoms with Gasteiger partial charge in [-0.15, -0.1) is 11.3 Å². The molecule has 1 saturated heterocycles. The number of rotatable bonds is 8. The fourth-order valence-electron chi connectivity index (χ4n) is 3.44. The highest BCUT2D eigenvalue weighted by Crippen LogP contribution is 2.21. The third kappa shape index (κ3) is 5.82. The van der Waals surface area contributed by atoms with E-state index in [1.807, 2.05) is 60.8 Å². The Hall–Kier alpha value is -3.45. The first-order chi connectivity index (χ1) is 15.6. The Balaban J connectivity index is 1.23. The topological polar surface area (TPSA) is 71.5 Å². The molecule has 0 bridgehead atoms. The molecule has 6 nitrogen and oxygen atoms in total. The lowest BCUT2D eigenvalue weighted by Gasteiger charge is -2.15. The summed E-state index contributed by atoms with van der Waals surface area (Å²) in [6.07, 6.45) is 4.81. The average Bonchev–Trinajstić information content (AvgIpc) is 3.43. The number of nitrogens with one attached hydrogen (secondary N) is 1. The molecule has 0 atom stereocenters. The maximum absolute atomic E-state index is 12.2. The number of amides is 2. The van der Waals surface area contributed by atoms with Crippen LogP contribution in [0.4, 0.5) is 5.69 Å². The Kier molecular flexibility index (Phi) is 6.97. The van der Waals surface area contributed by atoms with Gasteiger partial charge in [-0.3, -0.25) is 9.59 Å². The van der Waals surface area contributed by atoms with Crippen molar-refractivity contribution in [1.82, 2.24) is 10.3 Å². The van der Waals surface area contributed by atoms with Crippen LogP contribution in [0.3, 0.4) is 0 Å². The van der Waals surface area contributed by atoms with Crippen molar-refractivity contribution in [3.63, 3.8) is 0 Å². The van der Waals surface area contributed by atoms with E-state index < -0.39 is 0 Å². The van der Waals surface area contributed by atoms with E-state index >= 15 is 0 Å². The van der Waals surface area contributed by atoms with E-state index in [1.54, 1.807) is 22.3 Å². The second kappa shape index (κ2) is 10.2. The normalized spacial score (nSPS) is 13.7. The van der Waals surface area contributed by atoms with Crippen LogP contribution in [-0.2, 0) is 22.7 Å². The second-order valence-electron chi connectivity index (χ2n) is 7.58. The summed E-state index contributed by atoms with van der Waals surface area (Å²) in [6, 6.07) is 15.3. The number of thiazole rings is 1. The van der Waals surface area contributed by atoms with Crippen molar-refractivity contribution in [2.24, 2.45) is 0 Å². The summed E-state index contributed by atoms with van der Waals surface area (Å²) in [4.78, 5) is 30.2. The summed E-state index contributed by atoms with van der Waals surface area (Å²) in [6.45, 7) is 3.62. The number of nitrogens with zero attached hydrogens (tertiary/aromatic N) is 2. The number of aryl methyl sites for hydroxylation is 1. The third-order valence-corrected chi connectivity index (χ3v) is 5.97. The Labute approximate surface area is 191 Å². The van der Waals surface area contributed by atoms with Gasteiger partial charge in [0, 0.05) is 36.7 Å². The highest BCUT2D eigenvalue weighted by Gasteiger charge is 2.21. The van der Waals surface area contributed by atoms with Crippen LogP contribution in [-0.4, -0.2) is 23.3 Å². The number of anilines is 1. The van der Waals surface area contributed by atoms with Gasteiger partial charge in [-0.1, -0.05) is 24.3 Å². The van der Waals surface area contributed by atoms with Crippen molar-refractivity contribution in [2.45, 2.75) is 32.9 Å². The molecule has 1 aromatic heterocycles. The molecule has 0 aliphatic carbocycles. The fraction of sp³-hybridized carbons (Fsp3) is 0.240. The zero-order valence-electron chi connectivity index (χ0n) is 17.9. The van der Waals surface area contributed by atoms with Crippen molar-refractivity contribution >= 4 is 34.9 Å². The molecule has 0 saturated carbocycles. The zero-order chi connectivity index (χ0) is 22.3. The first-order valence-electron chi connectivity index (χ1n) is 10.6. The van der Waals surface area contributed by atoms with Gasteiger partial charge in [0.05, 0.1) is 10.7 Å². The molecule has 0 radical (unpaired) electrons. The van der Waals surface area contributed by atoms with Gasteiger partial charge in [0.15, 0.2) is 0 Å². The fourth-order valence-corrected chi connectivity index (χ4v) is 4.04. The van der Waals surface area contributed by atoms with Crippen molar-refractivity contribution in [3.8, 4) is 5.75 Å². The predicted octanol–water partition coefficient (Wildman–Crippen LogP) is 4.49. The van der Waals surface area contributed by atoms with Gasteiger partial charge in [-0.05, 0) is 54.8 Å². The smallest absolute Gasteiger partial charge is 0.244 e. The maximum Gasteiger partial charge on any atom is 0.244 e. The van der Waals surface area contributed by atoms with E-state index in [9.17, 15) is 9.59 Å². The first kappa shape index (κ1) is 21.8. The quantitative estimate of drug-likeness (QED) is 0.517. The van der Waals surface area contributed by atoms with Crippen LogP contribution in [0.25, 0.3) is 6.08 Å². The molecule has 1 aliphatic rings. The zero-order valence-corrected chi connectivity index (χ0v) is 18.7. The Morgan fingerprint density at radius 1 is 1.19 bits per heavy atom. The molecule has 1 aliphatic heterocycles. The molecule has 32 heavy (non-hydrogen) atoms. The van der Waals surface area contributed by atoms with Gasteiger partial charge in [-0.25, -0.2) is 4.98 Å². The van der Waals surface area contributed by atoms with Crippen molar-refractivity contribution in [3.05, 3.63) is 81.8 Å². The van der Waals surface area contributed by atoms with Crippen molar-refractivity contribution < 1.29 is 14.3 Å². The Morgan fingerprint density at radius 3 is 2.62 bits per heavy atom. The first-order valence-corrected chi connectivity index (χ1v) is 11.4. The summed E-state index contributed by atoms with van der Waals surface area (Å²) in [5.41, 5.74) is 3.74. The number of carbonyl (C=O) groups is 2. The summed E-state index contributed by atoms with van der Waals surface area (Å²) in [5, 5.41) is 5.90. The number of hydrogen-bond acceptors (Lipinski definition) is 5. The molecule has 2 aromatic carbocycles. The van der Waals surface area contributed by atoms with Crippen LogP contribution in [0.15, 0.2) is 60.0 Å². The van der Waals surface area contributed by atoms with Gasteiger partial charge in [0.25, 0.3) is 0 Å². The summed E-state index contributed by atoms with van der Waals surface area (Å²) >= 11 is 1.61. The molecule has 3 aromatic rings. The molecule has 4 rings (SSSR count). The van der Waals surface area contributed by atoms with Crippen molar-refractivity contribution in [1.29, 1.82) is 0 Å².